The van der Waals surface area contributed by atoms with Gasteiger partial charge < -0.3 is 10.1 Å². The predicted molar refractivity (Wildman–Crippen MR) is 103 cm³/mol. The van der Waals surface area contributed by atoms with E-state index >= 15 is 0 Å². The highest BCUT2D eigenvalue weighted by atomic mass is 35.5. The van der Waals surface area contributed by atoms with Crippen molar-refractivity contribution in [3.8, 4) is 0 Å². The van der Waals surface area contributed by atoms with Gasteiger partial charge in [-0.2, -0.15) is 13.2 Å². The number of ether oxygens (including phenoxy) is 1. The summed E-state index contributed by atoms with van der Waals surface area (Å²) in [6.45, 7) is -1.77. The van der Waals surface area contributed by atoms with Gasteiger partial charge in [0.05, 0.1) is 21.8 Å². The molecule has 2 N–H and O–H groups in total. The van der Waals surface area contributed by atoms with Crippen molar-refractivity contribution in [1.82, 2.24) is 5.32 Å². The molecular weight excluding hydrogens is 440 g/mol. The lowest BCUT2D eigenvalue weighted by molar-refractivity contribution is -0.161. The first kappa shape index (κ1) is 21.9. The second-order valence-corrected chi connectivity index (χ2v) is 6.52. The fraction of sp³-hybridized carbons (Fsp3) is 0.118. The van der Waals surface area contributed by atoms with Crippen LogP contribution >= 0.6 is 35.4 Å². The highest BCUT2D eigenvalue weighted by Crippen LogP contribution is 2.25. The Bertz CT molecular complexity index is 923. The molecule has 0 spiro atoms. The third-order valence-electron chi connectivity index (χ3n) is 3.16. The van der Waals surface area contributed by atoms with Crippen LogP contribution in [-0.2, 0) is 4.74 Å². The SMILES string of the molecule is O=C(NC(=S)Nc1ccc(Cl)cc1Cl)c1ccccc1C(=O)OCC(F)(F)F. The Morgan fingerprint density at radius 3 is 2.32 bits per heavy atom. The Hall–Kier alpha value is -2.36. The van der Waals surface area contributed by atoms with Crippen molar-refractivity contribution in [2.45, 2.75) is 6.18 Å². The molecule has 0 bridgehead atoms. The fourth-order valence-corrected chi connectivity index (χ4v) is 2.66. The van der Waals surface area contributed by atoms with Crippen molar-refractivity contribution in [3.05, 3.63) is 63.6 Å². The zero-order valence-electron chi connectivity index (χ0n) is 13.8. The second-order valence-electron chi connectivity index (χ2n) is 5.27. The van der Waals surface area contributed by atoms with Crippen molar-refractivity contribution in [1.29, 1.82) is 0 Å². The van der Waals surface area contributed by atoms with Gasteiger partial charge in [-0.05, 0) is 42.5 Å². The van der Waals surface area contributed by atoms with Crippen molar-refractivity contribution in [3.63, 3.8) is 0 Å². The van der Waals surface area contributed by atoms with E-state index in [1.54, 1.807) is 6.07 Å². The van der Waals surface area contributed by atoms with Gasteiger partial charge in [0, 0.05) is 5.02 Å². The summed E-state index contributed by atoms with van der Waals surface area (Å²) in [5, 5.41) is 5.49. The zero-order valence-corrected chi connectivity index (χ0v) is 16.1. The van der Waals surface area contributed by atoms with Gasteiger partial charge >= 0.3 is 12.1 Å². The van der Waals surface area contributed by atoms with E-state index in [1.807, 2.05) is 0 Å². The van der Waals surface area contributed by atoms with Crippen molar-refractivity contribution in [2.75, 3.05) is 11.9 Å². The summed E-state index contributed by atoms with van der Waals surface area (Å²) < 4.78 is 40.9. The number of anilines is 1. The number of halogens is 5. The van der Waals surface area contributed by atoms with Crippen molar-refractivity contribution in [2.24, 2.45) is 0 Å². The van der Waals surface area contributed by atoms with Crippen LogP contribution in [0.15, 0.2) is 42.5 Å². The summed E-state index contributed by atoms with van der Waals surface area (Å²) in [5.74, 6) is -2.11. The van der Waals surface area contributed by atoms with E-state index in [2.05, 4.69) is 15.4 Å². The van der Waals surface area contributed by atoms with E-state index in [1.165, 1.54) is 36.4 Å². The first-order valence-corrected chi connectivity index (χ1v) is 8.63. The van der Waals surface area contributed by atoms with Crippen LogP contribution in [0.4, 0.5) is 18.9 Å². The maximum Gasteiger partial charge on any atom is 0.422 e. The molecule has 1 amide bonds. The van der Waals surface area contributed by atoms with Crippen LogP contribution in [0, 0.1) is 0 Å². The van der Waals surface area contributed by atoms with Crippen molar-refractivity contribution >= 4 is 58.1 Å². The number of amides is 1. The molecule has 2 aromatic rings. The molecule has 2 rings (SSSR count). The number of rotatable bonds is 4. The molecule has 0 saturated heterocycles. The highest BCUT2D eigenvalue weighted by Gasteiger charge is 2.30. The Labute approximate surface area is 172 Å². The van der Waals surface area contributed by atoms with Gasteiger partial charge in [0.15, 0.2) is 11.7 Å². The van der Waals surface area contributed by atoms with E-state index in [0.29, 0.717) is 10.7 Å². The first-order valence-electron chi connectivity index (χ1n) is 7.47. The summed E-state index contributed by atoms with van der Waals surface area (Å²) in [6.07, 6.45) is -4.68. The number of esters is 1. The minimum atomic E-state index is -4.68. The van der Waals surface area contributed by atoms with Crippen LogP contribution < -0.4 is 10.6 Å². The largest absolute Gasteiger partial charge is 0.452 e. The summed E-state index contributed by atoms with van der Waals surface area (Å²) in [7, 11) is 0. The molecule has 28 heavy (non-hydrogen) atoms. The maximum absolute atomic E-state index is 12.4. The van der Waals surface area contributed by atoms with Crippen LogP contribution in [0.3, 0.4) is 0 Å². The average Bonchev–Trinajstić information content (AvgIpc) is 2.61. The third-order valence-corrected chi connectivity index (χ3v) is 3.92. The lowest BCUT2D eigenvalue weighted by Crippen LogP contribution is -2.35. The third kappa shape index (κ3) is 6.36. The monoisotopic (exact) mass is 450 g/mol. The molecule has 0 aromatic heterocycles. The Morgan fingerprint density at radius 2 is 1.71 bits per heavy atom. The number of alkyl halides is 3. The maximum atomic E-state index is 12.4. The van der Waals surface area contributed by atoms with Gasteiger partial charge in [-0.15, -0.1) is 0 Å². The quantitative estimate of drug-likeness (QED) is 0.515. The number of carbonyl (C=O) groups is 2. The molecule has 0 saturated carbocycles. The topological polar surface area (TPSA) is 67.4 Å². The number of hydrogen-bond donors (Lipinski definition) is 2. The molecule has 0 aliphatic heterocycles. The number of thiocarbonyl (C=S) groups is 1. The smallest absolute Gasteiger partial charge is 0.422 e. The number of benzene rings is 2. The molecule has 0 heterocycles. The molecular formula is C17H11Cl2F3N2O3S. The normalized spacial score (nSPS) is 10.9. The van der Waals surface area contributed by atoms with Crippen LogP contribution in [0.5, 0.6) is 0 Å². The second kappa shape index (κ2) is 9.22. The molecule has 0 fully saturated rings. The van der Waals surface area contributed by atoms with Gasteiger partial charge in [0.2, 0.25) is 0 Å². The summed E-state index contributed by atoms with van der Waals surface area (Å²) >= 11 is 16.8. The zero-order chi connectivity index (χ0) is 20.9. The summed E-state index contributed by atoms with van der Waals surface area (Å²) in [5.41, 5.74) is -0.174. The van der Waals surface area contributed by atoms with Gasteiger partial charge in [0.25, 0.3) is 5.91 Å². The van der Waals surface area contributed by atoms with E-state index in [9.17, 15) is 22.8 Å². The van der Waals surface area contributed by atoms with Gasteiger partial charge in [-0.3, -0.25) is 10.1 Å². The molecule has 11 heteroatoms. The van der Waals surface area contributed by atoms with Crippen LogP contribution in [-0.4, -0.2) is 29.8 Å². The predicted octanol–water partition coefficient (Wildman–Crippen LogP) is 4.84. The van der Waals surface area contributed by atoms with Gasteiger partial charge in [-0.25, -0.2) is 4.79 Å². The molecule has 5 nitrogen and oxygen atoms in total. The summed E-state index contributed by atoms with van der Waals surface area (Å²) in [6, 6.07) is 9.77. The molecule has 0 atom stereocenters. The van der Waals surface area contributed by atoms with Crippen LogP contribution in [0.25, 0.3) is 0 Å². The molecule has 0 radical (unpaired) electrons. The number of hydrogen-bond acceptors (Lipinski definition) is 4. The average molecular weight is 451 g/mol. The van der Waals surface area contributed by atoms with E-state index in [-0.39, 0.29) is 21.3 Å². The summed E-state index contributed by atoms with van der Waals surface area (Å²) in [4.78, 5) is 24.3. The molecule has 148 valence electrons. The number of carbonyl (C=O) groups excluding carboxylic acids is 2. The van der Waals surface area contributed by atoms with E-state index in [0.717, 1.165) is 0 Å². The van der Waals surface area contributed by atoms with Crippen LogP contribution in [0.2, 0.25) is 10.0 Å². The minimum absolute atomic E-state index is 0.146. The molecule has 0 aliphatic rings. The standard InChI is InChI=1S/C17H11Cl2F3N2O3S/c18-9-5-6-13(12(19)7-9)23-16(28)24-14(25)10-3-1-2-4-11(10)15(26)27-8-17(20,21)22/h1-7H,8H2,(H2,23,24,25,28). The lowest BCUT2D eigenvalue weighted by Gasteiger charge is -2.13. The Morgan fingerprint density at radius 1 is 1.07 bits per heavy atom. The van der Waals surface area contributed by atoms with E-state index in [4.69, 9.17) is 35.4 Å². The Balaban J connectivity index is 2.09. The van der Waals surface area contributed by atoms with E-state index < -0.39 is 24.7 Å². The van der Waals surface area contributed by atoms with Crippen LogP contribution in [0.1, 0.15) is 20.7 Å². The fourth-order valence-electron chi connectivity index (χ4n) is 2.00. The van der Waals surface area contributed by atoms with Gasteiger partial charge in [0.1, 0.15) is 0 Å². The highest BCUT2D eigenvalue weighted by molar-refractivity contribution is 7.80. The van der Waals surface area contributed by atoms with Crippen molar-refractivity contribution < 1.29 is 27.5 Å². The molecule has 0 unspecified atom stereocenters. The molecule has 0 aliphatic carbocycles. The minimum Gasteiger partial charge on any atom is -0.452 e. The Kier molecular flexibility index (Phi) is 7.22. The number of nitrogens with one attached hydrogen (secondary N) is 2. The van der Waals surface area contributed by atoms with Gasteiger partial charge in [-0.1, -0.05) is 35.3 Å². The lowest BCUT2D eigenvalue weighted by atomic mass is 10.1. The molecule has 2 aromatic carbocycles. The first-order chi connectivity index (χ1) is 13.1.